The van der Waals surface area contributed by atoms with Gasteiger partial charge in [-0.1, -0.05) is 30.3 Å². The molecule has 1 rings (SSSR count). The van der Waals surface area contributed by atoms with E-state index in [2.05, 4.69) is 15.6 Å². The minimum atomic E-state index is -0.617. The van der Waals surface area contributed by atoms with Gasteiger partial charge in [-0.3, -0.25) is 4.99 Å². The van der Waals surface area contributed by atoms with E-state index in [1.807, 2.05) is 37.3 Å². The fourth-order valence-corrected chi connectivity index (χ4v) is 1.90. The van der Waals surface area contributed by atoms with Crippen molar-refractivity contribution in [3.63, 3.8) is 0 Å². The van der Waals surface area contributed by atoms with E-state index in [0.717, 1.165) is 25.1 Å². The fraction of sp³-hybridized carbons (Fsp3) is 0.588. The molecule has 7 heteroatoms. The smallest absolute Gasteiger partial charge is 0.191 e. The van der Waals surface area contributed by atoms with Gasteiger partial charge in [0.1, 0.15) is 0 Å². The van der Waals surface area contributed by atoms with Crippen LogP contribution in [0.4, 0.5) is 0 Å². The molecule has 0 saturated heterocycles. The number of ether oxygens (including phenoxy) is 2. The molecule has 0 saturated carbocycles. The van der Waals surface area contributed by atoms with Crippen molar-refractivity contribution in [2.45, 2.75) is 26.1 Å². The van der Waals surface area contributed by atoms with E-state index in [0.29, 0.717) is 25.7 Å². The second-order valence-corrected chi connectivity index (χ2v) is 5.15. The second kappa shape index (κ2) is 15.6. The molecule has 3 N–H and O–H groups in total. The normalized spacial score (nSPS) is 12.4. The molecule has 138 valence electrons. The Morgan fingerprint density at radius 3 is 2.67 bits per heavy atom. The van der Waals surface area contributed by atoms with Crippen molar-refractivity contribution in [2.24, 2.45) is 4.99 Å². The third kappa shape index (κ3) is 11.6. The Bertz CT molecular complexity index is 432. The van der Waals surface area contributed by atoms with Crippen LogP contribution in [0.5, 0.6) is 0 Å². The van der Waals surface area contributed by atoms with Crippen LogP contribution in [-0.2, 0) is 16.1 Å². The summed E-state index contributed by atoms with van der Waals surface area (Å²) in [7, 11) is 1.69. The predicted octanol–water partition coefficient (Wildman–Crippen LogP) is 1.77. The summed E-state index contributed by atoms with van der Waals surface area (Å²) >= 11 is 0. The fourth-order valence-electron chi connectivity index (χ4n) is 1.90. The molecule has 0 heterocycles. The Balaban J connectivity index is 0.00000529. The van der Waals surface area contributed by atoms with Gasteiger partial charge in [-0.25, -0.2) is 0 Å². The molecule has 0 aromatic heterocycles. The van der Waals surface area contributed by atoms with Crippen LogP contribution in [-0.4, -0.2) is 57.1 Å². The first-order valence-corrected chi connectivity index (χ1v) is 8.07. The topological polar surface area (TPSA) is 75.1 Å². The van der Waals surface area contributed by atoms with Gasteiger partial charge in [-0.2, -0.15) is 0 Å². The Kier molecular flexibility index (Phi) is 15.0. The first-order valence-electron chi connectivity index (χ1n) is 8.07. The van der Waals surface area contributed by atoms with Crippen molar-refractivity contribution in [2.75, 3.05) is 40.0 Å². The average Bonchev–Trinajstić information content (AvgIpc) is 2.57. The van der Waals surface area contributed by atoms with Crippen LogP contribution in [0, 0.1) is 0 Å². The van der Waals surface area contributed by atoms with Crippen LogP contribution < -0.4 is 10.6 Å². The first-order chi connectivity index (χ1) is 11.3. The number of guanidine groups is 1. The molecule has 1 unspecified atom stereocenters. The molecule has 24 heavy (non-hydrogen) atoms. The molecule has 0 fully saturated rings. The van der Waals surface area contributed by atoms with Crippen molar-refractivity contribution in [3.05, 3.63) is 35.9 Å². The minimum Gasteiger partial charge on any atom is -0.389 e. The van der Waals surface area contributed by atoms with E-state index in [4.69, 9.17) is 9.47 Å². The zero-order chi connectivity index (χ0) is 16.8. The Hall–Kier alpha value is -0.900. The number of aliphatic hydroxyl groups excluding tert-OH is 1. The van der Waals surface area contributed by atoms with Gasteiger partial charge in [-0.05, 0) is 18.9 Å². The molecule has 0 spiro atoms. The van der Waals surface area contributed by atoms with Gasteiger partial charge in [0.25, 0.3) is 0 Å². The lowest BCUT2D eigenvalue weighted by Crippen LogP contribution is -2.38. The number of aliphatic imine (C=N–C) groups is 1. The highest BCUT2D eigenvalue weighted by Gasteiger charge is 2.05. The number of benzene rings is 1. The number of nitrogens with one attached hydrogen (secondary N) is 2. The van der Waals surface area contributed by atoms with Crippen LogP contribution in [0.15, 0.2) is 35.3 Å². The molecule has 6 nitrogen and oxygen atoms in total. The highest BCUT2D eigenvalue weighted by atomic mass is 127. The molecule has 1 atom stereocenters. The Morgan fingerprint density at radius 2 is 2.00 bits per heavy atom. The SMILES string of the molecule is CCNC(=NCC(O)COCc1ccccc1)NCCCOC.I. The van der Waals surface area contributed by atoms with Gasteiger partial charge >= 0.3 is 0 Å². The monoisotopic (exact) mass is 451 g/mol. The van der Waals surface area contributed by atoms with E-state index >= 15 is 0 Å². The number of methoxy groups -OCH3 is 1. The number of hydrogen-bond donors (Lipinski definition) is 3. The molecule has 1 aromatic rings. The highest BCUT2D eigenvalue weighted by Crippen LogP contribution is 2.01. The summed E-state index contributed by atoms with van der Waals surface area (Å²) in [5.74, 6) is 0.700. The number of nitrogens with zero attached hydrogens (tertiary/aromatic N) is 1. The maximum Gasteiger partial charge on any atom is 0.191 e. The molecule has 1 aromatic carbocycles. The van der Waals surface area contributed by atoms with Crippen molar-refractivity contribution >= 4 is 29.9 Å². The number of hydrogen-bond acceptors (Lipinski definition) is 4. The minimum absolute atomic E-state index is 0. The average molecular weight is 451 g/mol. The summed E-state index contributed by atoms with van der Waals surface area (Å²) in [5.41, 5.74) is 1.09. The van der Waals surface area contributed by atoms with Gasteiger partial charge in [0.2, 0.25) is 0 Å². The van der Waals surface area contributed by atoms with E-state index in [1.54, 1.807) is 7.11 Å². The zero-order valence-electron chi connectivity index (χ0n) is 14.5. The van der Waals surface area contributed by atoms with Crippen LogP contribution in [0.2, 0.25) is 0 Å². The first kappa shape index (κ1) is 23.1. The van der Waals surface area contributed by atoms with Gasteiger partial charge in [0.15, 0.2) is 5.96 Å². The van der Waals surface area contributed by atoms with Gasteiger partial charge in [0, 0.05) is 26.8 Å². The standard InChI is InChI=1S/C17H29N3O3.HI/c1-3-18-17(19-10-7-11-22-2)20-12-16(21)14-23-13-15-8-5-4-6-9-15;/h4-6,8-9,16,21H,3,7,10-14H2,1-2H3,(H2,18,19,20);1H. The number of halogens is 1. The molecule has 0 bridgehead atoms. The van der Waals surface area contributed by atoms with E-state index in [1.165, 1.54) is 0 Å². The molecule has 0 amide bonds. The number of rotatable bonds is 11. The van der Waals surface area contributed by atoms with Gasteiger partial charge < -0.3 is 25.2 Å². The number of aliphatic hydroxyl groups is 1. The van der Waals surface area contributed by atoms with Crippen LogP contribution >= 0.6 is 24.0 Å². The Labute approximate surface area is 162 Å². The van der Waals surface area contributed by atoms with Crippen LogP contribution in [0.1, 0.15) is 18.9 Å². The quantitative estimate of drug-likeness (QED) is 0.207. The Morgan fingerprint density at radius 1 is 1.25 bits per heavy atom. The van der Waals surface area contributed by atoms with Gasteiger partial charge in [-0.15, -0.1) is 24.0 Å². The van der Waals surface area contributed by atoms with E-state index < -0.39 is 6.10 Å². The zero-order valence-corrected chi connectivity index (χ0v) is 16.9. The van der Waals surface area contributed by atoms with Crippen LogP contribution in [0.3, 0.4) is 0 Å². The third-order valence-electron chi connectivity index (χ3n) is 3.04. The summed E-state index contributed by atoms with van der Waals surface area (Å²) in [6.07, 6.45) is 0.289. The molecule has 0 aliphatic rings. The molecule has 0 aliphatic heterocycles. The van der Waals surface area contributed by atoms with Crippen LogP contribution in [0.25, 0.3) is 0 Å². The van der Waals surface area contributed by atoms with Crippen molar-refractivity contribution < 1.29 is 14.6 Å². The molecule has 0 aliphatic carbocycles. The summed E-state index contributed by atoms with van der Waals surface area (Å²) in [6, 6.07) is 9.90. The van der Waals surface area contributed by atoms with Crippen molar-refractivity contribution in [3.8, 4) is 0 Å². The largest absolute Gasteiger partial charge is 0.389 e. The van der Waals surface area contributed by atoms with Gasteiger partial charge in [0.05, 0.1) is 25.9 Å². The van der Waals surface area contributed by atoms with Crippen molar-refractivity contribution in [1.29, 1.82) is 0 Å². The maximum atomic E-state index is 9.95. The summed E-state index contributed by atoms with van der Waals surface area (Å²) in [6.45, 7) is 5.33. The lowest BCUT2D eigenvalue weighted by atomic mass is 10.2. The summed E-state index contributed by atoms with van der Waals surface area (Å²) in [4.78, 5) is 4.36. The van der Waals surface area contributed by atoms with Crippen molar-refractivity contribution in [1.82, 2.24) is 10.6 Å². The molecule has 0 radical (unpaired) electrons. The summed E-state index contributed by atoms with van der Waals surface area (Å²) in [5, 5.41) is 16.3. The molecular formula is C17H30IN3O3. The van der Waals surface area contributed by atoms with E-state index in [9.17, 15) is 5.11 Å². The van der Waals surface area contributed by atoms with E-state index in [-0.39, 0.29) is 30.6 Å². The second-order valence-electron chi connectivity index (χ2n) is 5.15. The predicted molar refractivity (Wildman–Crippen MR) is 108 cm³/mol. The summed E-state index contributed by atoms with van der Waals surface area (Å²) < 4.78 is 10.5. The lowest BCUT2D eigenvalue weighted by Gasteiger charge is -2.13. The highest BCUT2D eigenvalue weighted by molar-refractivity contribution is 14.0. The molecular weight excluding hydrogens is 421 g/mol. The third-order valence-corrected chi connectivity index (χ3v) is 3.04. The maximum absolute atomic E-state index is 9.95. The lowest BCUT2D eigenvalue weighted by molar-refractivity contribution is 0.0331.